The molecule has 3 aromatic rings. The van der Waals surface area contributed by atoms with Gasteiger partial charge in [0.2, 0.25) is 0 Å². The summed E-state index contributed by atoms with van der Waals surface area (Å²) < 4.78 is 6.38. The van der Waals surface area contributed by atoms with E-state index in [1.165, 1.54) is 4.88 Å². The molecular weight excluding hydrogens is 282 g/mol. The van der Waals surface area contributed by atoms with Gasteiger partial charge < -0.3 is 15.5 Å². The number of anilines is 2. The summed E-state index contributed by atoms with van der Waals surface area (Å²) in [7, 11) is 0. The molecule has 98 valence electrons. The molecule has 0 fully saturated rings. The number of nitrogen functional groups attached to an aromatic ring is 1. The molecule has 0 spiro atoms. The molecule has 0 saturated heterocycles. The molecule has 0 unspecified atom stereocenters. The molecule has 0 atom stereocenters. The average molecular weight is 294 g/mol. The number of halogens is 1. The predicted molar refractivity (Wildman–Crippen MR) is 79.9 cm³/mol. The molecule has 0 aliphatic rings. The Labute approximate surface area is 119 Å². The Bertz CT molecular complexity index is 707. The summed E-state index contributed by atoms with van der Waals surface area (Å²) in [5, 5.41) is 3.15. The van der Waals surface area contributed by atoms with Crippen molar-refractivity contribution in [1.82, 2.24) is 4.98 Å². The molecule has 0 amide bonds. The van der Waals surface area contributed by atoms with Gasteiger partial charge in [-0.25, -0.2) is 0 Å². The molecule has 1 aromatic carbocycles. The summed E-state index contributed by atoms with van der Waals surface area (Å²) >= 11 is 7.47. The van der Waals surface area contributed by atoms with Crippen molar-refractivity contribution in [3.05, 3.63) is 39.5 Å². The number of nitrogens with two attached hydrogens (primary N) is 1. The number of hydrogen-bond acceptors (Lipinski definition) is 5. The van der Waals surface area contributed by atoms with Crippen molar-refractivity contribution in [3.8, 4) is 0 Å². The molecule has 0 bridgehead atoms. The highest BCUT2D eigenvalue weighted by molar-refractivity contribution is 7.16. The molecule has 3 rings (SSSR count). The van der Waals surface area contributed by atoms with Crippen LogP contribution in [0, 0.1) is 0 Å². The van der Waals surface area contributed by atoms with Crippen LogP contribution in [0.1, 0.15) is 4.88 Å². The highest BCUT2D eigenvalue weighted by Crippen LogP contribution is 2.24. The first-order chi connectivity index (χ1) is 9.22. The fraction of sp³-hybridized carbons (Fsp3) is 0.154. The van der Waals surface area contributed by atoms with E-state index in [-0.39, 0.29) is 0 Å². The summed E-state index contributed by atoms with van der Waals surface area (Å²) in [5.74, 6) is 0. The highest BCUT2D eigenvalue weighted by Gasteiger charge is 2.07. The van der Waals surface area contributed by atoms with Crippen LogP contribution in [0.3, 0.4) is 0 Å². The number of oxazole rings is 1. The third-order valence-electron chi connectivity index (χ3n) is 2.73. The van der Waals surface area contributed by atoms with Gasteiger partial charge in [0, 0.05) is 11.4 Å². The molecule has 4 nitrogen and oxygen atoms in total. The maximum atomic E-state index is 5.88. The van der Waals surface area contributed by atoms with Crippen molar-refractivity contribution in [1.29, 1.82) is 0 Å². The van der Waals surface area contributed by atoms with Crippen LogP contribution in [0.15, 0.2) is 34.7 Å². The van der Waals surface area contributed by atoms with Gasteiger partial charge in [-0.1, -0.05) is 17.7 Å². The predicted octanol–water partition coefficient (Wildman–Crippen LogP) is 3.78. The van der Waals surface area contributed by atoms with Gasteiger partial charge >= 0.3 is 0 Å². The second-order valence-corrected chi connectivity index (χ2v) is 5.90. The zero-order chi connectivity index (χ0) is 13.2. The van der Waals surface area contributed by atoms with E-state index in [1.54, 1.807) is 11.3 Å². The second-order valence-electron chi connectivity index (χ2n) is 4.10. The fourth-order valence-corrected chi connectivity index (χ4v) is 2.91. The summed E-state index contributed by atoms with van der Waals surface area (Å²) in [5.41, 5.74) is 7.85. The van der Waals surface area contributed by atoms with E-state index in [2.05, 4.69) is 10.3 Å². The van der Waals surface area contributed by atoms with Crippen LogP contribution < -0.4 is 11.1 Å². The smallest absolute Gasteiger partial charge is 0.295 e. The Morgan fingerprint density at radius 3 is 2.95 bits per heavy atom. The molecule has 6 heteroatoms. The SMILES string of the molecule is Nc1cccc2oc(NCCc3ccc(Cl)s3)nc12. The van der Waals surface area contributed by atoms with Gasteiger partial charge in [-0.15, -0.1) is 11.3 Å². The van der Waals surface area contributed by atoms with Gasteiger partial charge in [-0.2, -0.15) is 4.98 Å². The monoisotopic (exact) mass is 293 g/mol. The number of thiophene rings is 1. The van der Waals surface area contributed by atoms with Crippen LogP contribution in [0.2, 0.25) is 4.34 Å². The van der Waals surface area contributed by atoms with Crippen molar-refractivity contribution in [2.75, 3.05) is 17.6 Å². The Hall–Kier alpha value is -1.72. The minimum Gasteiger partial charge on any atom is -0.423 e. The topological polar surface area (TPSA) is 64.1 Å². The van der Waals surface area contributed by atoms with E-state index in [4.69, 9.17) is 21.8 Å². The van der Waals surface area contributed by atoms with Crippen molar-refractivity contribution in [3.63, 3.8) is 0 Å². The molecule has 0 aliphatic carbocycles. The van der Waals surface area contributed by atoms with E-state index in [0.717, 1.165) is 17.3 Å². The van der Waals surface area contributed by atoms with Crippen molar-refractivity contribution in [2.24, 2.45) is 0 Å². The van der Waals surface area contributed by atoms with Gasteiger partial charge in [0.05, 0.1) is 10.0 Å². The summed E-state index contributed by atoms with van der Waals surface area (Å²) in [6.45, 7) is 0.740. The first-order valence-electron chi connectivity index (χ1n) is 5.85. The van der Waals surface area contributed by atoms with Gasteiger partial charge in [0.15, 0.2) is 5.58 Å². The number of nitrogens with one attached hydrogen (secondary N) is 1. The molecule has 2 heterocycles. The first-order valence-corrected chi connectivity index (χ1v) is 7.05. The number of benzene rings is 1. The molecule has 2 aromatic heterocycles. The van der Waals surface area contributed by atoms with Crippen LogP contribution in [0.4, 0.5) is 11.7 Å². The Balaban J connectivity index is 1.67. The number of rotatable bonds is 4. The second kappa shape index (κ2) is 5.11. The van der Waals surface area contributed by atoms with Crippen LogP contribution in [0.5, 0.6) is 0 Å². The largest absolute Gasteiger partial charge is 0.423 e. The van der Waals surface area contributed by atoms with E-state index in [9.17, 15) is 0 Å². The summed E-state index contributed by atoms with van der Waals surface area (Å²) in [6, 6.07) is 9.93. The van der Waals surface area contributed by atoms with Crippen LogP contribution >= 0.6 is 22.9 Å². The third kappa shape index (κ3) is 2.67. The number of para-hydroxylation sites is 1. The van der Waals surface area contributed by atoms with Gasteiger partial charge in [-0.05, 0) is 30.7 Å². The minimum absolute atomic E-state index is 0.496. The number of nitrogens with zero attached hydrogens (tertiary/aromatic N) is 1. The number of aromatic nitrogens is 1. The molecular formula is C13H12ClN3OS. The van der Waals surface area contributed by atoms with E-state index >= 15 is 0 Å². The molecule has 19 heavy (non-hydrogen) atoms. The third-order valence-corrected chi connectivity index (χ3v) is 4.02. The van der Waals surface area contributed by atoms with Crippen molar-refractivity contribution < 1.29 is 4.42 Å². The normalized spacial score (nSPS) is 11.0. The van der Waals surface area contributed by atoms with Crippen molar-refractivity contribution >= 4 is 45.7 Å². The van der Waals surface area contributed by atoms with Crippen LogP contribution in [-0.2, 0) is 6.42 Å². The number of hydrogen-bond donors (Lipinski definition) is 2. The van der Waals surface area contributed by atoms with Gasteiger partial charge in [0.1, 0.15) is 5.52 Å². The van der Waals surface area contributed by atoms with Crippen LogP contribution in [0.25, 0.3) is 11.1 Å². The minimum atomic E-state index is 0.496. The van der Waals surface area contributed by atoms with Crippen molar-refractivity contribution in [2.45, 2.75) is 6.42 Å². The van der Waals surface area contributed by atoms with Gasteiger partial charge in [0.25, 0.3) is 6.01 Å². The van der Waals surface area contributed by atoms with E-state index < -0.39 is 0 Å². The standard InChI is InChI=1S/C13H12ClN3OS/c14-11-5-4-8(19-11)6-7-16-13-17-12-9(15)2-1-3-10(12)18-13/h1-5H,6-7,15H2,(H,16,17). The highest BCUT2D eigenvalue weighted by atomic mass is 35.5. The lowest BCUT2D eigenvalue weighted by atomic mass is 10.3. The fourth-order valence-electron chi connectivity index (χ4n) is 1.82. The maximum Gasteiger partial charge on any atom is 0.295 e. The molecule has 3 N–H and O–H groups in total. The zero-order valence-corrected chi connectivity index (χ0v) is 11.6. The molecule has 0 radical (unpaired) electrons. The maximum absolute atomic E-state index is 5.88. The average Bonchev–Trinajstić information content (AvgIpc) is 2.97. The zero-order valence-electron chi connectivity index (χ0n) is 10.0. The summed E-state index contributed by atoms with van der Waals surface area (Å²) in [4.78, 5) is 5.55. The quantitative estimate of drug-likeness (QED) is 0.719. The summed E-state index contributed by atoms with van der Waals surface area (Å²) in [6.07, 6.45) is 0.881. The molecule has 0 saturated carbocycles. The number of fused-ring (bicyclic) bond motifs is 1. The van der Waals surface area contributed by atoms with Crippen LogP contribution in [-0.4, -0.2) is 11.5 Å². The Kier molecular flexibility index (Phi) is 3.31. The first kappa shape index (κ1) is 12.3. The lowest BCUT2D eigenvalue weighted by Gasteiger charge is -1.98. The van der Waals surface area contributed by atoms with E-state index in [1.807, 2.05) is 30.3 Å². The Morgan fingerprint density at radius 2 is 2.21 bits per heavy atom. The molecule has 0 aliphatic heterocycles. The lowest BCUT2D eigenvalue weighted by Crippen LogP contribution is -2.03. The van der Waals surface area contributed by atoms with Gasteiger partial charge in [-0.3, -0.25) is 0 Å². The Morgan fingerprint density at radius 1 is 1.32 bits per heavy atom. The lowest BCUT2D eigenvalue weighted by molar-refractivity contribution is 0.615. The van der Waals surface area contributed by atoms with E-state index in [0.29, 0.717) is 22.8 Å².